The van der Waals surface area contributed by atoms with Gasteiger partial charge in [0, 0.05) is 6.54 Å². The number of sulfonamides is 1. The van der Waals surface area contributed by atoms with E-state index in [4.69, 9.17) is 22.1 Å². The molecule has 1 rings (SSSR count). The molecule has 3 N–H and O–H groups in total. The van der Waals surface area contributed by atoms with E-state index in [1.54, 1.807) is 6.92 Å². The number of amides is 1. The molecule has 9 heteroatoms. The summed E-state index contributed by atoms with van der Waals surface area (Å²) in [5.74, 6) is -0.599. The lowest BCUT2D eigenvalue weighted by Crippen LogP contribution is -2.28. The van der Waals surface area contributed by atoms with Crippen LogP contribution in [0.2, 0.25) is 4.34 Å². The van der Waals surface area contributed by atoms with Crippen LogP contribution in [0, 0.1) is 6.92 Å². The number of rotatable bonds is 7. The second-order valence-electron chi connectivity index (χ2n) is 3.44. The van der Waals surface area contributed by atoms with Gasteiger partial charge in [0.2, 0.25) is 15.9 Å². The lowest BCUT2D eigenvalue weighted by atomic mass is 10.4. The molecule has 1 amide bonds. The van der Waals surface area contributed by atoms with Gasteiger partial charge in [-0.2, -0.15) is 0 Å². The van der Waals surface area contributed by atoms with Crippen LogP contribution >= 0.6 is 22.9 Å². The van der Waals surface area contributed by atoms with Gasteiger partial charge >= 0.3 is 0 Å². The Morgan fingerprint density at radius 1 is 1.61 bits per heavy atom. The molecule has 0 aliphatic rings. The van der Waals surface area contributed by atoms with Gasteiger partial charge in [-0.25, -0.2) is 13.1 Å². The zero-order valence-corrected chi connectivity index (χ0v) is 12.0. The van der Waals surface area contributed by atoms with Crippen LogP contribution in [0.3, 0.4) is 0 Å². The zero-order chi connectivity index (χ0) is 13.8. The number of thiophene rings is 1. The quantitative estimate of drug-likeness (QED) is 0.716. The molecule has 1 aromatic heterocycles. The second-order valence-corrected chi connectivity index (χ2v) is 7.09. The Bertz CT molecular complexity index is 507. The Morgan fingerprint density at radius 3 is 2.78 bits per heavy atom. The van der Waals surface area contributed by atoms with Gasteiger partial charge in [-0.05, 0) is 18.6 Å². The van der Waals surface area contributed by atoms with Crippen molar-refractivity contribution in [2.45, 2.75) is 11.1 Å². The maximum Gasteiger partial charge on any atom is 0.250 e. The van der Waals surface area contributed by atoms with Crippen LogP contribution < -0.4 is 10.5 Å². The van der Waals surface area contributed by atoms with Gasteiger partial charge in [-0.3, -0.25) is 4.79 Å². The Kier molecular flexibility index (Phi) is 5.54. The van der Waals surface area contributed by atoms with Crippen LogP contribution in [-0.2, 0) is 19.6 Å². The average molecular weight is 313 g/mol. The lowest BCUT2D eigenvalue weighted by Gasteiger charge is -2.04. The molecule has 102 valence electrons. The zero-order valence-electron chi connectivity index (χ0n) is 9.60. The molecule has 0 aliphatic heterocycles. The minimum absolute atomic E-state index is 0.0597. The predicted octanol–water partition coefficient (Wildman–Crippen LogP) is 0.490. The first-order valence-electron chi connectivity index (χ1n) is 4.94. The molecule has 0 radical (unpaired) electrons. The normalized spacial score (nSPS) is 11.7. The first-order valence-corrected chi connectivity index (χ1v) is 7.62. The van der Waals surface area contributed by atoms with Crippen LogP contribution in [0.5, 0.6) is 0 Å². The van der Waals surface area contributed by atoms with Gasteiger partial charge in [0.05, 0.1) is 10.9 Å². The number of primary amides is 1. The van der Waals surface area contributed by atoms with Gasteiger partial charge in [0.1, 0.15) is 10.8 Å². The minimum atomic E-state index is -3.57. The molecule has 0 saturated carbocycles. The number of carbonyl (C=O) groups is 1. The number of hydrogen-bond acceptors (Lipinski definition) is 5. The van der Waals surface area contributed by atoms with Crippen LogP contribution in [0.4, 0.5) is 0 Å². The number of ether oxygens (including phenoxy) is 1. The Labute approximate surface area is 114 Å². The highest BCUT2D eigenvalue weighted by Crippen LogP contribution is 2.29. The van der Waals surface area contributed by atoms with E-state index in [0.29, 0.717) is 9.90 Å². The second kappa shape index (κ2) is 6.48. The van der Waals surface area contributed by atoms with Crippen molar-refractivity contribution in [3.05, 3.63) is 16.0 Å². The van der Waals surface area contributed by atoms with Crippen molar-refractivity contribution >= 4 is 38.9 Å². The van der Waals surface area contributed by atoms with Gasteiger partial charge < -0.3 is 10.5 Å². The molecule has 0 atom stereocenters. The summed E-state index contributed by atoms with van der Waals surface area (Å²) in [7, 11) is -3.57. The summed E-state index contributed by atoms with van der Waals surface area (Å²) in [5.41, 5.74) is 5.57. The van der Waals surface area contributed by atoms with E-state index in [0.717, 1.165) is 11.3 Å². The Hall–Kier alpha value is -0.670. The van der Waals surface area contributed by atoms with Crippen molar-refractivity contribution in [1.82, 2.24) is 4.72 Å². The van der Waals surface area contributed by atoms with Crippen molar-refractivity contribution in [3.63, 3.8) is 0 Å². The third kappa shape index (κ3) is 4.54. The summed E-state index contributed by atoms with van der Waals surface area (Å²) < 4.78 is 31.3. The number of halogens is 1. The third-order valence-electron chi connectivity index (χ3n) is 1.88. The van der Waals surface area contributed by atoms with Crippen LogP contribution in [0.25, 0.3) is 0 Å². The highest BCUT2D eigenvalue weighted by molar-refractivity contribution is 7.91. The fourth-order valence-corrected chi connectivity index (χ4v) is 3.82. The maximum absolute atomic E-state index is 11.8. The van der Waals surface area contributed by atoms with Gasteiger partial charge in [0.15, 0.2) is 0 Å². The SMILES string of the molecule is Cc1cc(S(=O)(=O)NCCOCC(N)=O)sc1Cl. The van der Waals surface area contributed by atoms with Crippen molar-refractivity contribution in [2.24, 2.45) is 5.73 Å². The van der Waals surface area contributed by atoms with Crippen LogP contribution in [0.15, 0.2) is 10.3 Å². The number of hydrogen-bond donors (Lipinski definition) is 2. The molecule has 0 saturated heterocycles. The molecular formula is C9H13ClN2O4S2. The van der Waals surface area contributed by atoms with E-state index in [1.807, 2.05) is 0 Å². The highest BCUT2D eigenvalue weighted by atomic mass is 35.5. The van der Waals surface area contributed by atoms with Crippen molar-refractivity contribution in [1.29, 1.82) is 0 Å². The summed E-state index contributed by atoms with van der Waals surface area (Å²) in [6.45, 7) is 1.63. The molecule has 1 aromatic rings. The molecule has 0 fully saturated rings. The van der Waals surface area contributed by atoms with Crippen LogP contribution in [-0.4, -0.2) is 34.1 Å². The summed E-state index contributed by atoms with van der Waals surface area (Å²) in [4.78, 5) is 10.4. The van der Waals surface area contributed by atoms with E-state index in [9.17, 15) is 13.2 Å². The first kappa shape index (κ1) is 15.4. The third-order valence-corrected chi connectivity index (χ3v) is 5.37. The topological polar surface area (TPSA) is 98.5 Å². The summed E-state index contributed by atoms with van der Waals surface area (Å²) >= 11 is 6.79. The smallest absolute Gasteiger partial charge is 0.250 e. The van der Waals surface area contributed by atoms with E-state index < -0.39 is 15.9 Å². The number of nitrogens with one attached hydrogen (secondary N) is 1. The van der Waals surface area contributed by atoms with Crippen LogP contribution in [0.1, 0.15) is 5.56 Å². The number of nitrogens with two attached hydrogens (primary N) is 1. The molecule has 18 heavy (non-hydrogen) atoms. The summed E-state index contributed by atoms with van der Waals surface area (Å²) in [6.07, 6.45) is 0. The number of carbonyl (C=O) groups excluding carboxylic acids is 1. The molecule has 0 spiro atoms. The summed E-state index contributed by atoms with van der Waals surface area (Å²) in [6, 6.07) is 1.50. The lowest BCUT2D eigenvalue weighted by molar-refractivity contribution is -0.122. The van der Waals surface area contributed by atoms with Gasteiger partial charge in [0.25, 0.3) is 0 Å². The highest BCUT2D eigenvalue weighted by Gasteiger charge is 2.17. The molecule has 0 unspecified atom stereocenters. The van der Waals surface area contributed by atoms with E-state index in [-0.39, 0.29) is 24.0 Å². The van der Waals surface area contributed by atoms with Crippen molar-refractivity contribution in [3.8, 4) is 0 Å². The van der Waals surface area contributed by atoms with Gasteiger partial charge in [-0.1, -0.05) is 11.6 Å². The average Bonchev–Trinajstić information content (AvgIpc) is 2.59. The Balaban J connectivity index is 2.48. The molecule has 1 heterocycles. The molecule has 0 aromatic carbocycles. The fraction of sp³-hybridized carbons (Fsp3) is 0.444. The molecule has 0 aliphatic carbocycles. The van der Waals surface area contributed by atoms with E-state index >= 15 is 0 Å². The number of aryl methyl sites for hydroxylation is 1. The predicted molar refractivity (Wildman–Crippen MR) is 69.3 cm³/mol. The Morgan fingerprint density at radius 2 is 2.28 bits per heavy atom. The van der Waals surface area contributed by atoms with E-state index in [2.05, 4.69) is 4.72 Å². The van der Waals surface area contributed by atoms with Crippen molar-refractivity contribution in [2.75, 3.05) is 19.8 Å². The van der Waals surface area contributed by atoms with E-state index in [1.165, 1.54) is 6.07 Å². The molecule has 0 bridgehead atoms. The molecular weight excluding hydrogens is 300 g/mol. The fourth-order valence-electron chi connectivity index (χ4n) is 1.06. The van der Waals surface area contributed by atoms with Crippen molar-refractivity contribution < 1.29 is 17.9 Å². The standard InChI is InChI=1S/C9H13ClN2O4S2/c1-6-4-8(17-9(6)10)18(14,15)12-2-3-16-5-7(11)13/h4,12H,2-3,5H2,1H3,(H2,11,13). The minimum Gasteiger partial charge on any atom is -0.370 e. The maximum atomic E-state index is 11.8. The monoisotopic (exact) mass is 312 g/mol. The summed E-state index contributed by atoms with van der Waals surface area (Å²) in [5, 5.41) is 0. The molecule has 6 nitrogen and oxygen atoms in total. The first-order chi connectivity index (χ1) is 8.33. The van der Waals surface area contributed by atoms with Gasteiger partial charge in [-0.15, -0.1) is 11.3 Å². The largest absolute Gasteiger partial charge is 0.370 e.